The molecule has 2 aliphatic rings. The second-order valence-corrected chi connectivity index (χ2v) is 6.44. The van der Waals surface area contributed by atoms with Gasteiger partial charge in [-0.25, -0.2) is 0 Å². The van der Waals surface area contributed by atoms with E-state index in [4.69, 9.17) is 0 Å². The van der Waals surface area contributed by atoms with Crippen molar-refractivity contribution < 1.29 is 4.79 Å². The summed E-state index contributed by atoms with van der Waals surface area (Å²) >= 11 is 0. The number of pyridine rings is 1. The summed E-state index contributed by atoms with van der Waals surface area (Å²) in [4.78, 5) is 19.3. The molecule has 2 aromatic heterocycles. The van der Waals surface area contributed by atoms with Gasteiger partial charge in [0.2, 0.25) is 5.91 Å². The molecule has 7 nitrogen and oxygen atoms in total. The standard InChI is InChI=1S/C17H22N6O/c24-17(19-12-15-21-20-14-6-4-10-23(14)15)16(22-8-1-2-9-22)13-5-3-7-18-11-13/h3,5,7,11,16H,1-2,4,6,8-10,12H2,(H,19,24)/t16-/m1/s1. The van der Waals surface area contributed by atoms with Gasteiger partial charge in [0.15, 0.2) is 5.82 Å². The zero-order valence-electron chi connectivity index (χ0n) is 13.7. The lowest BCUT2D eigenvalue weighted by Gasteiger charge is -2.26. The van der Waals surface area contributed by atoms with Gasteiger partial charge in [-0.2, -0.15) is 0 Å². The fourth-order valence-corrected chi connectivity index (χ4v) is 3.67. The summed E-state index contributed by atoms with van der Waals surface area (Å²) in [6, 6.07) is 3.59. The first-order chi connectivity index (χ1) is 11.8. The molecule has 1 N–H and O–H groups in total. The number of rotatable bonds is 5. The summed E-state index contributed by atoms with van der Waals surface area (Å²) in [6.07, 6.45) is 7.90. The molecular formula is C17H22N6O. The Bertz CT molecular complexity index is 707. The van der Waals surface area contributed by atoms with E-state index in [0.717, 1.165) is 62.5 Å². The third-order valence-electron chi connectivity index (χ3n) is 4.86. The van der Waals surface area contributed by atoms with Crippen LogP contribution in [-0.4, -0.2) is 43.6 Å². The van der Waals surface area contributed by atoms with Crippen molar-refractivity contribution in [1.29, 1.82) is 0 Å². The molecule has 1 fully saturated rings. The van der Waals surface area contributed by atoms with Crippen LogP contribution in [0.25, 0.3) is 0 Å². The predicted molar refractivity (Wildman–Crippen MR) is 88.0 cm³/mol. The SMILES string of the molecule is O=C(NCc1nnc2n1CCC2)[C@@H](c1cccnc1)N1CCCC1. The van der Waals surface area contributed by atoms with Gasteiger partial charge in [0.25, 0.3) is 0 Å². The van der Waals surface area contributed by atoms with E-state index in [2.05, 4.69) is 30.0 Å². The molecule has 24 heavy (non-hydrogen) atoms. The van der Waals surface area contributed by atoms with E-state index >= 15 is 0 Å². The summed E-state index contributed by atoms with van der Waals surface area (Å²) < 4.78 is 2.12. The zero-order valence-corrected chi connectivity index (χ0v) is 13.7. The van der Waals surface area contributed by atoms with Crippen molar-refractivity contribution in [3.05, 3.63) is 41.7 Å². The monoisotopic (exact) mass is 326 g/mol. The minimum absolute atomic E-state index is 0.0141. The summed E-state index contributed by atoms with van der Waals surface area (Å²) in [5.41, 5.74) is 0.948. The number of nitrogens with zero attached hydrogens (tertiary/aromatic N) is 5. The Morgan fingerprint density at radius 1 is 1.21 bits per heavy atom. The second-order valence-electron chi connectivity index (χ2n) is 6.44. The van der Waals surface area contributed by atoms with Crippen LogP contribution in [0.2, 0.25) is 0 Å². The summed E-state index contributed by atoms with van der Waals surface area (Å²) in [6.45, 7) is 3.28. The van der Waals surface area contributed by atoms with E-state index in [1.807, 2.05) is 12.1 Å². The molecule has 2 aliphatic heterocycles. The molecule has 0 aromatic carbocycles. The minimum atomic E-state index is -0.276. The molecule has 1 amide bonds. The number of aryl methyl sites for hydroxylation is 1. The number of carbonyl (C=O) groups is 1. The van der Waals surface area contributed by atoms with Crippen molar-refractivity contribution in [2.24, 2.45) is 0 Å². The van der Waals surface area contributed by atoms with Crippen LogP contribution in [0.5, 0.6) is 0 Å². The molecule has 0 radical (unpaired) electrons. The van der Waals surface area contributed by atoms with Gasteiger partial charge >= 0.3 is 0 Å². The molecule has 0 spiro atoms. The van der Waals surface area contributed by atoms with Gasteiger partial charge in [0, 0.05) is 25.4 Å². The van der Waals surface area contributed by atoms with Gasteiger partial charge in [-0.3, -0.25) is 14.7 Å². The first-order valence-corrected chi connectivity index (χ1v) is 8.65. The van der Waals surface area contributed by atoms with Crippen molar-refractivity contribution in [2.45, 2.75) is 44.8 Å². The van der Waals surface area contributed by atoms with Gasteiger partial charge in [-0.05, 0) is 44.0 Å². The summed E-state index contributed by atoms with van der Waals surface area (Å²) in [5, 5.41) is 11.5. The Hall–Kier alpha value is -2.28. The van der Waals surface area contributed by atoms with Crippen LogP contribution in [0.3, 0.4) is 0 Å². The maximum Gasteiger partial charge on any atom is 0.242 e. The molecule has 0 bridgehead atoms. The maximum absolute atomic E-state index is 12.9. The molecule has 1 atom stereocenters. The molecule has 2 aromatic rings. The highest BCUT2D eigenvalue weighted by molar-refractivity contribution is 5.83. The predicted octanol–water partition coefficient (Wildman–Crippen LogP) is 1.07. The van der Waals surface area contributed by atoms with Gasteiger partial charge < -0.3 is 9.88 Å². The molecule has 0 aliphatic carbocycles. The van der Waals surface area contributed by atoms with Crippen molar-refractivity contribution >= 4 is 5.91 Å². The van der Waals surface area contributed by atoms with E-state index in [9.17, 15) is 4.79 Å². The molecule has 126 valence electrons. The van der Waals surface area contributed by atoms with Gasteiger partial charge in [0.05, 0.1) is 6.54 Å². The van der Waals surface area contributed by atoms with E-state index in [1.54, 1.807) is 12.4 Å². The lowest BCUT2D eigenvalue weighted by atomic mass is 10.1. The van der Waals surface area contributed by atoms with E-state index < -0.39 is 0 Å². The summed E-state index contributed by atoms with van der Waals surface area (Å²) in [5.74, 6) is 1.89. The van der Waals surface area contributed by atoms with Crippen molar-refractivity contribution in [3.8, 4) is 0 Å². The first kappa shape index (κ1) is 15.3. The van der Waals surface area contributed by atoms with E-state index in [1.165, 1.54) is 0 Å². The van der Waals surface area contributed by atoms with Crippen molar-refractivity contribution in [2.75, 3.05) is 13.1 Å². The minimum Gasteiger partial charge on any atom is -0.347 e. The Morgan fingerprint density at radius 3 is 2.88 bits per heavy atom. The highest BCUT2D eigenvalue weighted by Crippen LogP contribution is 2.25. The third-order valence-corrected chi connectivity index (χ3v) is 4.86. The highest BCUT2D eigenvalue weighted by Gasteiger charge is 2.30. The topological polar surface area (TPSA) is 75.9 Å². The number of likely N-dealkylation sites (tertiary alicyclic amines) is 1. The fraction of sp³-hybridized carbons (Fsp3) is 0.529. The Kier molecular flexibility index (Phi) is 4.25. The first-order valence-electron chi connectivity index (χ1n) is 8.65. The van der Waals surface area contributed by atoms with Crippen LogP contribution >= 0.6 is 0 Å². The van der Waals surface area contributed by atoms with Crippen LogP contribution in [0.15, 0.2) is 24.5 Å². The second kappa shape index (κ2) is 6.68. The van der Waals surface area contributed by atoms with Gasteiger partial charge in [-0.1, -0.05) is 6.07 Å². The molecule has 0 unspecified atom stereocenters. The number of hydrogen-bond donors (Lipinski definition) is 1. The molecular weight excluding hydrogens is 304 g/mol. The van der Waals surface area contributed by atoms with E-state index in [-0.39, 0.29) is 11.9 Å². The van der Waals surface area contributed by atoms with Crippen LogP contribution in [0.4, 0.5) is 0 Å². The average molecular weight is 326 g/mol. The van der Waals surface area contributed by atoms with Crippen LogP contribution < -0.4 is 5.32 Å². The molecule has 0 saturated carbocycles. The zero-order chi connectivity index (χ0) is 16.4. The number of aromatic nitrogens is 4. The third kappa shape index (κ3) is 2.91. The van der Waals surface area contributed by atoms with Crippen molar-refractivity contribution in [3.63, 3.8) is 0 Å². The van der Waals surface area contributed by atoms with Gasteiger partial charge in [0.1, 0.15) is 11.9 Å². The number of amides is 1. The number of hydrogen-bond acceptors (Lipinski definition) is 5. The highest BCUT2D eigenvalue weighted by atomic mass is 16.2. The smallest absolute Gasteiger partial charge is 0.242 e. The molecule has 4 heterocycles. The van der Waals surface area contributed by atoms with Crippen LogP contribution in [-0.2, 0) is 24.3 Å². The Balaban J connectivity index is 1.49. The Morgan fingerprint density at radius 2 is 2.08 bits per heavy atom. The largest absolute Gasteiger partial charge is 0.347 e. The van der Waals surface area contributed by atoms with Crippen molar-refractivity contribution in [1.82, 2.24) is 30.0 Å². The summed E-state index contributed by atoms with van der Waals surface area (Å²) in [7, 11) is 0. The van der Waals surface area contributed by atoms with Crippen LogP contribution in [0.1, 0.15) is 42.5 Å². The normalized spacial score (nSPS) is 18.5. The average Bonchev–Trinajstić information content (AvgIpc) is 3.33. The quantitative estimate of drug-likeness (QED) is 0.889. The lowest BCUT2D eigenvalue weighted by molar-refractivity contribution is -0.126. The lowest BCUT2D eigenvalue weighted by Crippen LogP contribution is -2.39. The number of carbonyl (C=O) groups excluding carboxylic acids is 1. The van der Waals surface area contributed by atoms with Gasteiger partial charge in [-0.15, -0.1) is 10.2 Å². The van der Waals surface area contributed by atoms with Crippen LogP contribution in [0, 0.1) is 0 Å². The Labute approximate surface area is 141 Å². The van der Waals surface area contributed by atoms with E-state index in [0.29, 0.717) is 6.54 Å². The molecule has 4 rings (SSSR count). The molecule has 1 saturated heterocycles. The number of nitrogens with one attached hydrogen (secondary N) is 1. The number of fused-ring (bicyclic) bond motifs is 1. The maximum atomic E-state index is 12.9. The molecule has 7 heteroatoms. The fourth-order valence-electron chi connectivity index (χ4n) is 3.67.